The smallest absolute Gasteiger partial charge is 0.449 e. The monoisotopic (exact) mass is 259 g/mol. The third-order valence-corrected chi connectivity index (χ3v) is 3.84. The van der Waals surface area contributed by atoms with Gasteiger partial charge in [-0.15, -0.1) is 0 Å². The van der Waals surface area contributed by atoms with Crippen molar-refractivity contribution in [1.82, 2.24) is 4.90 Å². The summed E-state index contributed by atoms with van der Waals surface area (Å²) in [6.45, 7) is -2.79. The Morgan fingerprint density at radius 1 is 1.00 bits per heavy atom. The van der Waals surface area contributed by atoms with Gasteiger partial charge in [-0.25, -0.2) is 0 Å². The van der Waals surface area contributed by atoms with Crippen LogP contribution in [-0.4, -0.2) is 31.0 Å². The van der Waals surface area contributed by atoms with Crippen LogP contribution in [0, 0.1) is 5.92 Å². The van der Waals surface area contributed by atoms with E-state index in [-0.39, 0.29) is 57.3 Å². The Balaban J connectivity index is 0.00000128. The summed E-state index contributed by atoms with van der Waals surface area (Å²) in [5, 5.41) is 0. The molecule has 6 heteroatoms. The van der Waals surface area contributed by atoms with Gasteiger partial charge in [0.15, 0.2) is 0 Å². The zero-order chi connectivity index (χ0) is 10.9. The Morgan fingerprint density at radius 2 is 1.56 bits per heavy atom. The molecule has 0 unspecified atom stereocenters. The summed E-state index contributed by atoms with van der Waals surface area (Å²) in [6, 6.07) is 0.697. The normalized spacial score (nSPS) is 24.9. The molecule has 1 aliphatic heterocycles. The van der Waals surface area contributed by atoms with E-state index in [1.165, 1.54) is 19.3 Å². The van der Waals surface area contributed by atoms with E-state index in [4.69, 9.17) is 0 Å². The molecule has 0 spiro atoms. The molecule has 1 saturated carbocycles. The molecule has 0 amide bonds. The van der Waals surface area contributed by atoms with E-state index in [2.05, 4.69) is 4.90 Å². The minimum absolute atomic E-state index is 0. The van der Waals surface area contributed by atoms with Crippen LogP contribution in [0.5, 0.6) is 0 Å². The summed E-state index contributed by atoms with van der Waals surface area (Å²) in [5.41, 5.74) is 0. The standard InChI is InChI=1S/C10H18BF3N.K/c12-11(13,14)8-9-4-6-15(7-5-9)10-2-1-3-10;/h9-10H,1-8H2;/q-1;+1. The molecule has 2 rings (SSSR count). The largest absolute Gasteiger partial charge is 1.00 e. The average molecular weight is 259 g/mol. The molecule has 0 aromatic carbocycles. The molecular weight excluding hydrogens is 241 g/mol. The fraction of sp³-hybridized carbons (Fsp3) is 1.00. The van der Waals surface area contributed by atoms with Gasteiger partial charge in [-0.3, -0.25) is 0 Å². The fourth-order valence-corrected chi connectivity index (χ4v) is 2.68. The molecule has 0 bridgehead atoms. The van der Waals surface area contributed by atoms with Gasteiger partial charge in [-0.05, 0) is 38.8 Å². The van der Waals surface area contributed by atoms with Crippen molar-refractivity contribution < 1.29 is 64.3 Å². The van der Waals surface area contributed by atoms with E-state index < -0.39 is 13.3 Å². The van der Waals surface area contributed by atoms with Gasteiger partial charge in [-0.1, -0.05) is 18.7 Å². The van der Waals surface area contributed by atoms with E-state index in [9.17, 15) is 12.9 Å². The summed E-state index contributed by atoms with van der Waals surface area (Å²) in [6.07, 6.45) is 4.80. The topological polar surface area (TPSA) is 3.24 Å². The SMILES string of the molecule is F[B-](F)(F)CC1CCN(C2CCC2)CC1.[K+]. The second-order valence-electron chi connectivity index (χ2n) is 5.01. The molecule has 1 saturated heterocycles. The van der Waals surface area contributed by atoms with Gasteiger partial charge < -0.3 is 17.8 Å². The van der Waals surface area contributed by atoms with E-state index in [0.29, 0.717) is 6.04 Å². The van der Waals surface area contributed by atoms with E-state index in [1.54, 1.807) is 0 Å². The van der Waals surface area contributed by atoms with Gasteiger partial charge in [0, 0.05) is 6.04 Å². The van der Waals surface area contributed by atoms with Crippen molar-refractivity contribution >= 4 is 6.98 Å². The Hall–Kier alpha value is 1.45. The number of rotatable bonds is 3. The Labute approximate surface area is 138 Å². The van der Waals surface area contributed by atoms with E-state index >= 15 is 0 Å². The summed E-state index contributed by atoms with van der Waals surface area (Å²) in [7, 11) is 0. The molecule has 0 aromatic heterocycles. The number of piperidine rings is 1. The molecule has 88 valence electrons. The molecule has 0 radical (unpaired) electrons. The van der Waals surface area contributed by atoms with Crippen molar-refractivity contribution in [1.29, 1.82) is 0 Å². The van der Waals surface area contributed by atoms with Crippen molar-refractivity contribution in [3.8, 4) is 0 Å². The second-order valence-corrected chi connectivity index (χ2v) is 5.01. The van der Waals surface area contributed by atoms with Crippen LogP contribution in [0.3, 0.4) is 0 Å². The van der Waals surface area contributed by atoms with Crippen LogP contribution in [0.25, 0.3) is 0 Å². The maximum absolute atomic E-state index is 12.2. The fourth-order valence-electron chi connectivity index (χ4n) is 2.68. The summed E-state index contributed by atoms with van der Waals surface area (Å²) in [5.74, 6) is -0.0960. The molecule has 2 aliphatic rings. The third-order valence-electron chi connectivity index (χ3n) is 3.84. The van der Waals surface area contributed by atoms with E-state index in [0.717, 1.165) is 25.9 Å². The van der Waals surface area contributed by atoms with Gasteiger partial charge >= 0.3 is 58.4 Å². The van der Waals surface area contributed by atoms with Crippen molar-refractivity contribution in [3.63, 3.8) is 0 Å². The summed E-state index contributed by atoms with van der Waals surface area (Å²) in [4.78, 5) is 2.39. The number of likely N-dealkylation sites (tertiary alicyclic amines) is 1. The van der Waals surface area contributed by atoms with Crippen LogP contribution in [0.4, 0.5) is 12.9 Å². The molecule has 1 nitrogen and oxygen atoms in total. The molecule has 0 aromatic rings. The Bertz CT molecular complexity index is 213. The molecular formula is C10H18BF3KN. The van der Waals surface area contributed by atoms with Gasteiger partial charge in [0.05, 0.1) is 0 Å². The van der Waals surface area contributed by atoms with Gasteiger partial charge in [0.1, 0.15) is 0 Å². The van der Waals surface area contributed by atoms with Crippen molar-refractivity contribution in [2.24, 2.45) is 5.92 Å². The van der Waals surface area contributed by atoms with Crippen LogP contribution < -0.4 is 51.4 Å². The van der Waals surface area contributed by atoms with Gasteiger partial charge in [-0.2, -0.15) is 0 Å². The molecule has 1 aliphatic carbocycles. The Morgan fingerprint density at radius 3 is 1.94 bits per heavy atom. The molecule has 0 N–H and O–H groups in total. The first-order valence-corrected chi connectivity index (χ1v) is 5.99. The number of nitrogens with zero attached hydrogens (tertiary/aromatic N) is 1. The average Bonchev–Trinajstić information content (AvgIpc) is 2.02. The Kier molecular flexibility index (Phi) is 6.37. The second kappa shape index (κ2) is 6.57. The summed E-state index contributed by atoms with van der Waals surface area (Å²) < 4.78 is 36.7. The van der Waals surface area contributed by atoms with E-state index in [1.807, 2.05) is 0 Å². The first-order valence-electron chi connectivity index (χ1n) is 5.99. The molecule has 16 heavy (non-hydrogen) atoms. The van der Waals surface area contributed by atoms with Crippen molar-refractivity contribution in [2.75, 3.05) is 13.1 Å². The molecule has 2 fully saturated rings. The zero-order valence-electron chi connectivity index (χ0n) is 9.97. The number of halogens is 3. The first-order chi connectivity index (χ1) is 7.04. The maximum atomic E-state index is 12.2. The summed E-state index contributed by atoms with van der Waals surface area (Å²) >= 11 is 0. The maximum Gasteiger partial charge on any atom is 1.00 e. The predicted octanol–water partition coefficient (Wildman–Crippen LogP) is 0.102. The van der Waals surface area contributed by atoms with Crippen molar-refractivity contribution in [2.45, 2.75) is 44.5 Å². The van der Waals surface area contributed by atoms with Crippen LogP contribution in [-0.2, 0) is 0 Å². The van der Waals surface area contributed by atoms with Gasteiger partial charge in [0.2, 0.25) is 0 Å². The quantitative estimate of drug-likeness (QED) is 0.650. The molecule has 0 atom stereocenters. The predicted molar refractivity (Wildman–Crippen MR) is 55.8 cm³/mol. The van der Waals surface area contributed by atoms with Crippen molar-refractivity contribution in [3.05, 3.63) is 0 Å². The van der Waals surface area contributed by atoms with Crippen LogP contribution >= 0.6 is 0 Å². The zero-order valence-corrected chi connectivity index (χ0v) is 13.1. The minimum atomic E-state index is -4.57. The van der Waals surface area contributed by atoms with Crippen LogP contribution in [0.2, 0.25) is 6.32 Å². The number of hydrogen-bond donors (Lipinski definition) is 0. The molecule has 1 heterocycles. The van der Waals surface area contributed by atoms with Gasteiger partial charge in [0.25, 0.3) is 0 Å². The van der Waals surface area contributed by atoms with Crippen LogP contribution in [0.15, 0.2) is 0 Å². The van der Waals surface area contributed by atoms with Crippen LogP contribution in [0.1, 0.15) is 32.1 Å². The minimum Gasteiger partial charge on any atom is -0.449 e. The first kappa shape index (κ1) is 15.5. The third kappa shape index (κ3) is 4.61. The number of hydrogen-bond acceptors (Lipinski definition) is 1.